The molecule has 3 fully saturated rings. The van der Waals surface area contributed by atoms with Crippen LogP contribution in [0.1, 0.15) is 78.1 Å². The van der Waals surface area contributed by atoms with E-state index in [0.29, 0.717) is 17.4 Å². The highest BCUT2D eigenvalue weighted by molar-refractivity contribution is 5.81. The second-order valence-electron chi connectivity index (χ2n) is 7.21. The Morgan fingerprint density at radius 3 is 2.47 bits per heavy atom. The van der Waals surface area contributed by atoms with Gasteiger partial charge in [-0.15, -0.1) is 0 Å². The van der Waals surface area contributed by atoms with Gasteiger partial charge in [0.25, 0.3) is 0 Å². The first-order valence-electron chi connectivity index (χ1n) is 8.34. The molecule has 0 aromatic heterocycles. The van der Waals surface area contributed by atoms with E-state index >= 15 is 0 Å². The van der Waals surface area contributed by atoms with Crippen LogP contribution in [-0.4, -0.2) is 12.6 Å². The molecule has 0 amide bonds. The first-order valence-corrected chi connectivity index (χ1v) is 8.34. The van der Waals surface area contributed by atoms with Crippen molar-refractivity contribution in [3.8, 4) is 0 Å². The Bertz CT molecular complexity index is 373. The van der Waals surface area contributed by atoms with E-state index in [4.69, 9.17) is 4.74 Å². The van der Waals surface area contributed by atoms with Crippen LogP contribution >= 0.6 is 0 Å². The van der Waals surface area contributed by atoms with Crippen molar-refractivity contribution in [1.29, 1.82) is 0 Å². The molecule has 0 radical (unpaired) electrons. The monoisotopic (exact) mass is 264 g/mol. The van der Waals surface area contributed by atoms with E-state index in [1.807, 2.05) is 0 Å². The van der Waals surface area contributed by atoms with Crippen LogP contribution in [0.4, 0.5) is 0 Å². The van der Waals surface area contributed by atoms with E-state index in [-0.39, 0.29) is 11.4 Å². The Balaban J connectivity index is 1.66. The number of hydrogen-bond donors (Lipinski definition) is 0. The maximum Gasteiger partial charge on any atom is 0.312 e. The summed E-state index contributed by atoms with van der Waals surface area (Å²) in [6.45, 7) is 4.95. The second-order valence-corrected chi connectivity index (χ2v) is 7.21. The summed E-state index contributed by atoms with van der Waals surface area (Å²) in [4.78, 5) is 12.5. The fraction of sp³-hybridized carbons (Fsp3) is 0.941. The summed E-state index contributed by atoms with van der Waals surface area (Å²) in [5, 5.41) is 0. The molecule has 3 aliphatic rings. The SMILES string of the molecule is CCCCCC12CCC3(C(=O)OCCC)CCC13C2. The molecule has 0 saturated heterocycles. The first kappa shape index (κ1) is 13.5. The van der Waals surface area contributed by atoms with Crippen molar-refractivity contribution < 1.29 is 9.53 Å². The molecule has 1 spiro atoms. The van der Waals surface area contributed by atoms with Gasteiger partial charge in [0, 0.05) is 0 Å². The Labute approximate surface area is 117 Å². The Morgan fingerprint density at radius 2 is 1.84 bits per heavy atom. The predicted molar refractivity (Wildman–Crippen MR) is 75.8 cm³/mol. The van der Waals surface area contributed by atoms with Crippen LogP contribution in [0.5, 0.6) is 0 Å². The maximum absolute atomic E-state index is 12.5. The van der Waals surface area contributed by atoms with Gasteiger partial charge >= 0.3 is 5.97 Å². The zero-order chi connectivity index (χ0) is 13.6. The van der Waals surface area contributed by atoms with E-state index in [9.17, 15) is 4.79 Å². The standard InChI is InChI=1S/C17H28O2/c1-3-5-6-7-15-8-9-16(14(18)19-12-4-2)10-11-17(15,16)13-15/h3-13H2,1-2H3. The highest BCUT2D eigenvalue weighted by atomic mass is 16.5. The second kappa shape index (κ2) is 4.49. The van der Waals surface area contributed by atoms with Crippen molar-refractivity contribution in [1.82, 2.24) is 0 Å². The largest absolute Gasteiger partial charge is 0.465 e. The van der Waals surface area contributed by atoms with Gasteiger partial charge in [-0.25, -0.2) is 0 Å². The lowest BCUT2D eigenvalue weighted by atomic mass is 9.56. The highest BCUT2D eigenvalue weighted by Crippen LogP contribution is 2.89. The molecule has 19 heavy (non-hydrogen) atoms. The number of esters is 1. The molecule has 2 nitrogen and oxygen atoms in total. The average Bonchev–Trinajstić information content (AvgIpc) is 3.03. The van der Waals surface area contributed by atoms with Crippen molar-refractivity contribution in [3.63, 3.8) is 0 Å². The minimum absolute atomic E-state index is 0.0472. The summed E-state index contributed by atoms with van der Waals surface area (Å²) < 4.78 is 5.52. The highest BCUT2D eigenvalue weighted by Gasteiger charge is 2.85. The summed E-state index contributed by atoms with van der Waals surface area (Å²) in [6, 6.07) is 0. The van der Waals surface area contributed by atoms with Gasteiger partial charge in [-0.3, -0.25) is 4.79 Å². The van der Waals surface area contributed by atoms with Crippen molar-refractivity contribution in [2.45, 2.75) is 78.1 Å². The molecule has 0 heterocycles. The van der Waals surface area contributed by atoms with Crippen LogP contribution in [0.2, 0.25) is 0 Å². The van der Waals surface area contributed by atoms with Gasteiger partial charge in [-0.05, 0) is 55.8 Å². The van der Waals surface area contributed by atoms with Gasteiger partial charge in [0.1, 0.15) is 0 Å². The van der Waals surface area contributed by atoms with Crippen LogP contribution in [0.25, 0.3) is 0 Å². The zero-order valence-corrected chi connectivity index (χ0v) is 12.6. The minimum atomic E-state index is -0.0472. The third kappa shape index (κ3) is 1.58. The quantitative estimate of drug-likeness (QED) is 0.501. The molecule has 108 valence electrons. The molecule has 0 aromatic rings. The van der Waals surface area contributed by atoms with Gasteiger partial charge in [-0.2, -0.15) is 0 Å². The third-order valence-electron chi connectivity index (χ3n) is 6.54. The number of rotatable bonds is 7. The van der Waals surface area contributed by atoms with Crippen LogP contribution < -0.4 is 0 Å². The molecule has 3 aliphatic carbocycles. The molecule has 3 rings (SSSR count). The third-order valence-corrected chi connectivity index (χ3v) is 6.54. The molecule has 3 atom stereocenters. The maximum atomic E-state index is 12.5. The summed E-state index contributed by atoms with van der Waals surface area (Å²) in [6.07, 6.45) is 12.4. The number of carbonyl (C=O) groups excluding carboxylic acids is 1. The Hall–Kier alpha value is -0.530. The predicted octanol–water partition coefficient (Wildman–Crippen LogP) is 4.47. The van der Waals surface area contributed by atoms with Gasteiger partial charge in [-0.1, -0.05) is 33.1 Å². The number of unbranched alkanes of at least 4 members (excludes halogenated alkanes) is 2. The van der Waals surface area contributed by atoms with Crippen LogP contribution in [0.3, 0.4) is 0 Å². The molecule has 3 saturated carbocycles. The normalized spacial score (nSPS) is 42.2. The molecule has 0 aliphatic heterocycles. The molecule has 0 N–H and O–H groups in total. The smallest absolute Gasteiger partial charge is 0.312 e. The van der Waals surface area contributed by atoms with Crippen molar-refractivity contribution >= 4 is 5.97 Å². The molecule has 2 heteroatoms. The fourth-order valence-corrected chi connectivity index (χ4v) is 5.34. The van der Waals surface area contributed by atoms with Crippen LogP contribution in [0.15, 0.2) is 0 Å². The lowest BCUT2D eigenvalue weighted by molar-refractivity contribution is -0.170. The van der Waals surface area contributed by atoms with Gasteiger partial charge in [0.15, 0.2) is 0 Å². The molecular weight excluding hydrogens is 236 g/mol. The van der Waals surface area contributed by atoms with E-state index in [1.165, 1.54) is 44.9 Å². The van der Waals surface area contributed by atoms with Crippen LogP contribution in [0, 0.1) is 16.2 Å². The summed E-state index contributed by atoms with van der Waals surface area (Å²) >= 11 is 0. The van der Waals surface area contributed by atoms with Gasteiger partial charge in [0.2, 0.25) is 0 Å². The van der Waals surface area contributed by atoms with Gasteiger partial charge < -0.3 is 4.74 Å². The summed E-state index contributed by atoms with van der Waals surface area (Å²) in [5.74, 6) is 0.149. The lowest BCUT2D eigenvalue weighted by Crippen LogP contribution is -2.48. The van der Waals surface area contributed by atoms with Crippen LogP contribution in [-0.2, 0) is 9.53 Å². The van der Waals surface area contributed by atoms with E-state index in [1.54, 1.807) is 0 Å². The van der Waals surface area contributed by atoms with Crippen molar-refractivity contribution in [3.05, 3.63) is 0 Å². The van der Waals surface area contributed by atoms with Crippen molar-refractivity contribution in [2.75, 3.05) is 6.61 Å². The molecule has 3 unspecified atom stereocenters. The molecular formula is C17H28O2. The minimum Gasteiger partial charge on any atom is -0.465 e. The van der Waals surface area contributed by atoms with Crippen molar-refractivity contribution in [2.24, 2.45) is 16.2 Å². The molecule has 0 aromatic carbocycles. The fourth-order valence-electron chi connectivity index (χ4n) is 5.34. The zero-order valence-electron chi connectivity index (χ0n) is 12.6. The number of carbonyl (C=O) groups is 1. The summed E-state index contributed by atoms with van der Waals surface area (Å²) in [5.41, 5.74) is 0.888. The lowest BCUT2D eigenvalue weighted by Gasteiger charge is -2.46. The Morgan fingerprint density at radius 1 is 1.05 bits per heavy atom. The average molecular weight is 264 g/mol. The van der Waals surface area contributed by atoms with E-state index in [0.717, 1.165) is 19.3 Å². The number of ether oxygens (including phenoxy) is 1. The molecule has 0 bridgehead atoms. The Kier molecular flexibility index (Phi) is 3.18. The van der Waals surface area contributed by atoms with Gasteiger partial charge in [0.05, 0.1) is 12.0 Å². The topological polar surface area (TPSA) is 26.3 Å². The number of hydrogen-bond acceptors (Lipinski definition) is 2. The summed E-state index contributed by atoms with van der Waals surface area (Å²) in [7, 11) is 0. The van der Waals surface area contributed by atoms with E-state index < -0.39 is 0 Å². The first-order chi connectivity index (χ1) is 9.16. The van der Waals surface area contributed by atoms with E-state index in [2.05, 4.69) is 13.8 Å².